The molecule has 4 aromatic rings. The number of nitrogens with zero attached hydrogens (tertiary/aromatic N) is 3. The van der Waals surface area contributed by atoms with Crippen molar-refractivity contribution < 1.29 is 4.42 Å². The van der Waals surface area contributed by atoms with E-state index in [2.05, 4.69) is 15.0 Å². The SMILES string of the molecule is [B]c1c([B])c([B])c2c(oc3c(-c4nc(Cl)nc(Cl)n4)c([B])c([B])c([B])c32)c1[B]. The van der Waals surface area contributed by atoms with E-state index in [0.717, 1.165) is 0 Å². The van der Waals surface area contributed by atoms with Gasteiger partial charge in [-0.15, -0.1) is 16.4 Å². The Balaban J connectivity index is 2.30. The minimum Gasteiger partial charge on any atom is -0.456 e. The summed E-state index contributed by atoms with van der Waals surface area (Å²) in [6.07, 6.45) is 0. The number of aromatic nitrogens is 3. The summed E-state index contributed by atoms with van der Waals surface area (Å²) < 4.78 is 5.94. The normalized spacial score (nSPS) is 11.5. The van der Waals surface area contributed by atoms with Crippen LogP contribution in [0.5, 0.6) is 0 Å². The highest BCUT2D eigenvalue weighted by molar-refractivity contribution is 6.69. The Morgan fingerprint density at radius 1 is 0.536 bits per heavy atom. The van der Waals surface area contributed by atoms with Gasteiger partial charge in [0.15, 0.2) is 5.82 Å². The number of rotatable bonds is 1. The lowest BCUT2D eigenvalue weighted by Crippen LogP contribution is -2.48. The maximum absolute atomic E-state index is 6.20. The van der Waals surface area contributed by atoms with E-state index in [4.69, 9.17) is 82.5 Å². The summed E-state index contributed by atoms with van der Waals surface area (Å²) in [5.74, 6) is 0.0244. The number of halogens is 2. The van der Waals surface area contributed by atoms with Gasteiger partial charge >= 0.3 is 0 Å². The molecular weight excluding hydrogens is 385 g/mol. The molecule has 0 aliphatic heterocycles. The summed E-state index contributed by atoms with van der Waals surface area (Å²) in [5, 5.41) is 0.374. The highest BCUT2D eigenvalue weighted by Gasteiger charge is 2.23. The van der Waals surface area contributed by atoms with E-state index in [-0.39, 0.29) is 71.4 Å². The predicted molar refractivity (Wildman–Crippen MR) is 120 cm³/mol. The molecule has 0 saturated carbocycles. The van der Waals surface area contributed by atoms with Crippen LogP contribution in [0.25, 0.3) is 33.3 Å². The molecule has 13 heteroatoms. The molecule has 4 rings (SSSR count). The van der Waals surface area contributed by atoms with Crippen LogP contribution in [-0.4, -0.2) is 69.9 Å². The van der Waals surface area contributed by atoms with Crippen molar-refractivity contribution in [3.8, 4) is 11.4 Å². The molecule has 2 aromatic carbocycles. The van der Waals surface area contributed by atoms with Gasteiger partial charge < -0.3 is 4.42 Å². The van der Waals surface area contributed by atoms with E-state index in [1.165, 1.54) is 0 Å². The fraction of sp³-hybridized carbons (Fsp3) is 0. The molecule has 116 valence electrons. The summed E-state index contributed by atoms with van der Waals surface area (Å²) in [6, 6.07) is 0. The quantitative estimate of drug-likeness (QED) is 0.317. The zero-order valence-electron chi connectivity index (χ0n) is 14.0. The molecule has 2 heterocycles. The molecule has 0 unspecified atom stereocenters. The molecule has 0 N–H and O–H groups in total. The van der Waals surface area contributed by atoms with Gasteiger partial charge in [-0.3, -0.25) is 0 Å². The molecule has 4 nitrogen and oxygen atoms in total. The van der Waals surface area contributed by atoms with Gasteiger partial charge in [-0.1, -0.05) is 21.9 Å². The topological polar surface area (TPSA) is 51.8 Å². The first-order valence-corrected chi connectivity index (χ1v) is 8.40. The van der Waals surface area contributed by atoms with Crippen LogP contribution in [0.3, 0.4) is 0 Å². The maximum atomic E-state index is 6.20. The Labute approximate surface area is 179 Å². The lowest BCUT2D eigenvalue weighted by molar-refractivity contribution is 0.673. The maximum Gasteiger partial charge on any atom is 0.227 e. The van der Waals surface area contributed by atoms with Gasteiger partial charge in [0.05, 0.1) is 5.56 Å². The van der Waals surface area contributed by atoms with Gasteiger partial charge in [-0.05, 0) is 23.2 Å². The molecule has 2 aromatic heterocycles. The third-order valence-electron chi connectivity index (χ3n) is 4.44. The van der Waals surface area contributed by atoms with Crippen molar-refractivity contribution >= 4 is 138 Å². The van der Waals surface area contributed by atoms with Crippen molar-refractivity contribution in [2.45, 2.75) is 0 Å². The van der Waals surface area contributed by atoms with Crippen LogP contribution in [0.1, 0.15) is 0 Å². The van der Waals surface area contributed by atoms with Crippen molar-refractivity contribution in [2.75, 3.05) is 0 Å². The van der Waals surface area contributed by atoms with Gasteiger partial charge in [0.2, 0.25) is 10.6 Å². The van der Waals surface area contributed by atoms with Crippen LogP contribution in [0, 0.1) is 0 Å². The Morgan fingerprint density at radius 3 is 1.57 bits per heavy atom. The molecular formula is C15B7Cl2N3O. The summed E-state index contributed by atoms with van der Waals surface area (Å²) in [4.78, 5) is 11.8. The van der Waals surface area contributed by atoms with Crippen molar-refractivity contribution in [2.24, 2.45) is 0 Å². The van der Waals surface area contributed by atoms with Crippen molar-refractivity contribution in [3.63, 3.8) is 0 Å². The number of furan rings is 1. The van der Waals surface area contributed by atoms with E-state index in [0.29, 0.717) is 10.8 Å². The van der Waals surface area contributed by atoms with Crippen molar-refractivity contribution in [1.29, 1.82) is 0 Å². The monoisotopic (exact) mass is 385 g/mol. The lowest BCUT2D eigenvalue weighted by atomic mass is 9.64. The van der Waals surface area contributed by atoms with Crippen LogP contribution < -0.4 is 38.2 Å². The third-order valence-corrected chi connectivity index (χ3v) is 4.78. The third kappa shape index (κ3) is 2.67. The fourth-order valence-electron chi connectivity index (χ4n) is 3.05. The average molecular weight is 385 g/mol. The van der Waals surface area contributed by atoms with Gasteiger partial charge in [-0.25, -0.2) is 0 Å². The standard InChI is InChI=1S/C15B7Cl2N3O/c16-4-1-2-5(17)8(20)9(21)10(22)12(2)28-11(1)3(6(18)7(4)19)13-25-14(23)27-15(24)26-13. The molecule has 0 fully saturated rings. The van der Waals surface area contributed by atoms with E-state index in [1.54, 1.807) is 0 Å². The first-order valence-electron chi connectivity index (χ1n) is 7.65. The molecule has 0 bridgehead atoms. The molecule has 0 aliphatic carbocycles. The minimum atomic E-state index is -0.151. The number of hydrogen-bond donors (Lipinski definition) is 0. The van der Waals surface area contributed by atoms with Crippen LogP contribution >= 0.6 is 23.2 Å². The highest BCUT2D eigenvalue weighted by atomic mass is 35.5. The summed E-state index contributed by atoms with van der Waals surface area (Å²) in [7, 11) is 42.6. The Bertz CT molecular complexity index is 1310. The number of benzene rings is 2. The Hall–Kier alpha value is -1.72. The van der Waals surface area contributed by atoms with Gasteiger partial charge in [0, 0.05) is 10.8 Å². The second-order valence-electron chi connectivity index (χ2n) is 5.98. The molecule has 14 radical (unpaired) electrons. The largest absolute Gasteiger partial charge is 0.456 e. The Morgan fingerprint density at radius 2 is 1.00 bits per heavy atom. The molecule has 0 saturated heterocycles. The second kappa shape index (κ2) is 6.67. The molecule has 0 aliphatic rings. The second-order valence-corrected chi connectivity index (χ2v) is 6.65. The Kier molecular flexibility index (Phi) is 4.67. The zero-order chi connectivity index (χ0) is 20.5. The van der Waals surface area contributed by atoms with Crippen LogP contribution in [0.4, 0.5) is 0 Å². The molecule has 0 atom stereocenters. The summed E-state index contributed by atoms with van der Waals surface area (Å²) >= 11 is 11.8. The van der Waals surface area contributed by atoms with E-state index < -0.39 is 0 Å². The van der Waals surface area contributed by atoms with Crippen LogP contribution in [-0.2, 0) is 0 Å². The van der Waals surface area contributed by atoms with E-state index in [1.807, 2.05) is 0 Å². The molecule has 0 amide bonds. The first-order chi connectivity index (χ1) is 13.1. The van der Waals surface area contributed by atoms with Gasteiger partial charge in [0.1, 0.15) is 66.1 Å². The smallest absolute Gasteiger partial charge is 0.227 e. The zero-order valence-corrected chi connectivity index (χ0v) is 15.6. The van der Waals surface area contributed by atoms with Crippen LogP contribution in [0.2, 0.25) is 10.6 Å². The summed E-state index contributed by atoms with van der Waals surface area (Å²) in [5.41, 5.74) is 1.17. The minimum absolute atomic E-state index is 0.0244. The van der Waals surface area contributed by atoms with E-state index >= 15 is 0 Å². The lowest BCUT2D eigenvalue weighted by Gasteiger charge is -2.15. The number of fused-ring (bicyclic) bond motifs is 3. The fourth-order valence-corrected chi connectivity index (χ4v) is 3.42. The van der Waals surface area contributed by atoms with E-state index in [9.17, 15) is 0 Å². The highest BCUT2D eigenvalue weighted by Crippen LogP contribution is 2.30. The van der Waals surface area contributed by atoms with Crippen LogP contribution in [0.15, 0.2) is 4.42 Å². The summed E-state index contributed by atoms with van der Waals surface area (Å²) in [6.45, 7) is 0. The molecule has 28 heavy (non-hydrogen) atoms. The van der Waals surface area contributed by atoms with Gasteiger partial charge in [0.25, 0.3) is 0 Å². The molecule has 0 spiro atoms. The average Bonchev–Trinajstić information content (AvgIpc) is 3.02. The number of hydrogen-bond acceptors (Lipinski definition) is 4. The first kappa shape index (κ1) is 19.6. The van der Waals surface area contributed by atoms with Crippen molar-refractivity contribution in [1.82, 2.24) is 15.0 Å². The van der Waals surface area contributed by atoms with Crippen molar-refractivity contribution in [3.05, 3.63) is 10.6 Å². The van der Waals surface area contributed by atoms with Gasteiger partial charge in [-0.2, -0.15) is 15.0 Å². The predicted octanol–water partition coefficient (Wildman–Crippen LogP) is -3.70.